The summed E-state index contributed by atoms with van der Waals surface area (Å²) in [6, 6.07) is 4.35. The van der Waals surface area contributed by atoms with E-state index in [9.17, 15) is 9.18 Å². The fourth-order valence-corrected chi connectivity index (χ4v) is 2.38. The fraction of sp³-hybridized carbons (Fsp3) is 0.333. The molecule has 2 aromatic rings. The summed E-state index contributed by atoms with van der Waals surface area (Å²) in [4.78, 5) is 10.8. The molecular formula is C12H12FIN4O2. The summed E-state index contributed by atoms with van der Waals surface area (Å²) < 4.78 is 15.3. The zero-order chi connectivity index (χ0) is 14.7. The molecule has 0 radical (unpaired) electrons. The molecule has 1 N–H and O–H groups in total. The molecule has 20 heavy (non-hydrogen) atoms. The molecule has 1 unspecified atom stereocenters. The van der Waals surface area contributed by atoms with Crippen LogP contribution in [-0.4, -0.2) is 31.3 Å². The van der Waals surface area contributed by atoms with E-state index in [2.05, 4.69) is 15.5 Å². The maximum Gasteiger partial charge on any atom is 0.306 e. The Balaban J connectivity index is 2.22. The number of hydrogen-bond acceptors (Lipinski definition) is 4. The summed E-state index contributed by atoms with van der Waals surface area (Å²) in [5.41, 5.74) is 0.722. The van der Waals surface area contributed by atoms with Gasteiger partial charge in [0.05, 0.1) is 5.92 Å². The Kier molecular flexibility index (Phi) is 4.63. The molecular weight excluding hydrogens is 378 g/mol. The number of rotatable bonds is 5. The van der Waals surface area contributed by atoms with E-state index in [4.69, 9.17) is 5.11 Å². The normalized spacial score (nSPS) is 12.3. The van der Waals surface area contributed by atoms with E-state index in [0.29, 0.717) is 22.4 Å². The van der Waals surface area contributed by atoms with Gasteiger partial charge in [-0.2, -0.15) is 0 Å². The van der Waals surface area contributed by atoms with Crippen molar-refractivity contribution in [2.24, 2.45) is 5.92 Å². The Hall–Kier alpha value is -1.58. The van der Waals surface area contributed by atoms with Crippen molar-refractivity contribution in [2.75, 3.05) is 0 Å². The van der Waals surface area contributed by atoms with Crippen molar-refractivity contribution in [3.63, 3.8) is 0 Å². The maximum absolute atomic E-state index is 13.1. The fourth-order valence-electron chi connectivity index (χ4n) is 1.66. The number of carbonyl (C=O) groups is 1. The molecule has 0 saturated carbocycles. The van der Waals surface area contributed by atoms with Crippen molar-refractivity contribution in [2.45, 2.75) is 19.9 Å². The van der Waals surface area contributed by atoms with E-state index in [1.807, 2.05) is 22.6 Å². The number of carboxylic acid groups (broad SMARTS) is 1. The smallest absolute Gasteiger partial charge is 0.306 e. The van der Waals surface area contributed by atoms with Gasteiger partial charge in [-0.1, -0.05) is 6.92 Å². The van der Waals surface area contributed by atoms with Crippen molar-refractivity contribution in [3.05, 3.63) is 27.6 Å². The van der Waals surface area contributed by atoms with E-state index in [1.54, 1.807) is 13.0 Å². The van der Waals surface area contributed by atoms with Crippen LogP contribution in [0, 0.1) is 15.3 Å². The molecule has 6 nitrogen and oxygen atoms in total. The van der Waals surface area contributed by atoms with E-state index in [-0.39, 0.29) is 5.82 Å². The van der Waals surface area contributed by atoms with Gasteiger partial charge in [0.2, 0.25) is 0 Å². The predicted molar refractivity (Wildman–Crippen MR) is 77.3 cm³/mol. The highest BCUT2D eigenvalue weighted by Crippen LogP contribution is 2.24. The molecule has 0 aliphatic heterocycles. The Labute approximate surface area is 128 Å². The summed E-state index contributed by atoms with van der Waals surface area (Å²) in [5.74, 6) is -1.14. The molecule has 2 rings (SSSR count). The monoisotopic (exact) mass is 390 g/mol. The highest BCUT2D eigenvalue weighted by molar-refractivity contribution is 14.1. The van der Waals surface area contributed by atoms with Crippen LogP contribution in [0.1, 0.15) is 13.3 Å². The molecule has 0 aliphatic carbocycles. The topological polar surface area (TPSA) is 80.9 Å². The van der Waals surface area contributed by atoms with Crippen molar-refractivity contribution in [1.29, 1.82) is 0 Å². The highest BCUT2D eigenvalue weighted by atomic mass is 127. The number of nitrogens with zero attached hydrogens (tertiary/aromatic N) is 4. The van der Waals surface area contributed by atoms with Gasteiger partial charge < -0.3 is 5.11 Å². The molecule has 106 valence electrons. The quantitative estimate of drug-likeness (QED) is 0.792. The lowest BCUT2D eigenvalue weighted by atomic mass is 10.1. The molecule has 0 bridgehead atoms. The van der Waals surface area contributed by atoms with Crippen LogP contribution in [-0.2, 0) is 11.3 Å². The maximum atomic E-state index is 13.1. The minimum Gasteiger partial charge on any atom is -0.481 e. The molecule has 1 atom stereocenters. The van der Waals surface area contributed by atoms with Gasteiger partial charge in [-0.15, -0.1) is 5.10 Å². The molecule has 0 fully saturated rings. The molecule has 0 amide bonds. The van der Waals surface area contributed by atoms with Gasteiger partial charge in [-0.25, -0.2) is 9.07 Å². The second kappa shape index (κ2) is 6.25. The number of hydrogen-bond donors (Lipinski definition) is 1. The molecule has 1 aromatic heterocycles. The summed E-state index contributed by atoms with van der Waals surface area (Å²) in [7, 11) is 0. The van der Waals surface area contributed by atoms with Crippen LogP contribution in [0.4, 0.5) is 4.39 Å². The van der Waals surface area contributed by atoms with Crippen molar-refractivity contribution in [1.82, 2.24) is 20.2 Å². The zero-order valence-corrected chi connectivity index (χ0v) is 12.8. The summed E-state index contributed by atoms with van der Waals surface area (Å²) in [6.07, 6.45) is 0.422. The Morgan fingerprint density at radius 1 is 1.55 bits per heavy atom. The zero-order valence-electron chi connectivity index (χ0n) is 10.6. The first-order valence-electron chi connectivity index (χ1n) is 5.93. The van der Waals surface area contributed by atoms with Crippen LogP contribution in [0.15, 0.2) is 18.2 Å². The van der Waals surface area contributed by atoms with Crippen LogP contribution in [0.5, 0.6) is 0 Å². The minimum atomic E-state index is -0.851. The molecule has 1 heterocycles. The molecule has 0 spiro atoms. The van der Waals surface area contributed by atoms with Crippen LogP contribution in [0.3, 0.4) is 0 Å². The van der Waals surface area contributed by atoms with E-state index in [0.717, 1.165) is 5.56 Å². The van der Waals surface area contributed by atoms with Gasteiger partial charge >= 0.3 is 5.97 Å². The van der Waals surface area contributed by atoms with Gasteiger partial charge in [0.15, 0.2) is 5.82 Å². The third-order valence-electron chi connectivity index (χ3n) is 2.90. The average molecular weight is 390 g/mol. The van der Waals surface area contributed by atoms with Crippen LogP contribution < -0.4 is 0 Å². The largest absolute Gasteiger partial charge is 0.481 e. The number of aryl methyl sites for hydroxylation is 1. The van der Waals surface area contributed by atoms with E-state index < -0.39 is 11.9 Å². The Bertz CT molecular complexity index is 632. The molecule has 8 heteroatoms. The lowest BCUT2D eigenvalue weighted by molar-refractivity contribution is -0.141. The van der Waals surface area contributed by atoms with Gasteiger partial charge in [0, 0.05) is 15.7 Å². The van der Waals surface area contributed by atoms with Crippen LogP contribution in [0.25, 0.3) is 11.4 Å². The number of benzene rings is 1. The van der Waals surface area contributed by atoms with E-state index >= 15 is 0 Å². The summed E-state index contributed by atoms with van der Waals surface area (Å²) in [6.45, 7) is 2.03. The lowest BCUT2D eigenvalue weighted by Crippen LogP contribution is -2.14. The Morgan fingerprint density at radius 2 is 2.30 bits per heavy atom. The molecule has 1 aromatic carbocycles. The van der Waals surface area contributed by atoms with Crippen molar-refractivity contribution >= 4 is 28.6 Å². The summed E-state index contributed by atoms with van der Waals surface area (Å²) >= 11 is 2.01. The van der Waals surface area contributed by atoms with Crippen LogP contribution >= 0.6 is 22.6 Å². The van der Waals surface area contributed by atoms with Crippen molar-refractivity contribution in [3.8, 4) is 11.4 Å². The molecule has 0 aliphatic rings. The number of tetrazole rings is 1. The Morgan fingerprint density at radius 3 is 2.95 bits per heavy atom. The first-order chi connectivity index (χ1) is 9.49. The molecule has 0 saturated heterocycles. The second-order valence-corrected chi connectivity index (χ2v) is 5.54. The number of carboxylic acids is 1. The number of halogens is 2. The first-order valence-corrected chi connectivity index (χ1v) is 7.01. The predicted octanol–water partition coefficient (Wildman–Crippen LogP) is 2.19. The highest BCUT2D eigenvalue weighted by Gasteiger charge is 2.15. The standard InChI is InChI=1S/C12H12FIN4O2/c1-7(12(19)20)4-5-18-11(15-16-17-18)9-3-2-8(13)6-10(9)14/h2-3,6-7H,4-5H2,1H3,(H,19,20). The summed E-state index contributed by atoms with van der Waals surface area (Å²) in [5, 5.41) is 20.3. The third kappa shape index (κ3) is 3.30. The van der Waals surface area contributed by atoms with Gasteiger partial charge in [0.1, 0.15) is 5.82 Å². The third-order valence-corrected chi connectivity index (χ3v) is 3.79. The van der Waals surface area contributed by atoms with Gasteiger partial charge in [0.25, 0.3) is 0 Å². The lowest BCUT2D eigenvalue weighted by Gasteiger charge is -2.08. The average Bonchev–Trinajstić information content (AvgIpc) is 2.84. The van der Waals surface area contributed by atoms with E-state index in [1.165, 1.54) is 16.8 Å². The van der Waals surface area contributed by atoms with Crippen LogP contribution in [0.2, 0.25) is 0 Å². The first kappa shape index (κ1) is 14.8. The van der Waals surface area contributed by atoms with Gasteiger partial charge in [-0.05, 0) is 57.6 Å². The van der Waals surface area contributed by atoms with Crippen molar-refractivity contribution < 1.29 is 14.3 Å². The van der Waals surface area contributed by atoms with Gasteiger partial charge in [-0.3, -0.25) is 4.79 Å². The minimum absolute atomic E-state index is 0.323. The number of aromatic nitrogens is 4. The second-order valence-electron chi connectivity index (χ2n) is 4.38. The SMILES string of the molecule is CC(CCn1nnnc1-c1ccc(F)cc1I)C(=O)O. The number of aliphatic carboxylic acids is 1.